The number of halogens is 1. The van der Waals surface area contributed by atoms with Crippen molar-refractivity contribution in [3.8, 4) is 5.75 Å². The summed E-state index contributed by atoms with van der Waals surface area (Å²) >= 11 is 0. The number of anilines is 1. The molecule has 3 aromatic carbocycles. The van der Waals surface area contributed by atoms with Crippen LogP contribution in [0.2, 0.25) is 0 Å². The number of nitrogens with one attached hydrogen (secondary N) is 3. The van der Waals surface area contributed by atoms with Gasteiger partial charge in [0.05, 0.1) is 11.0 Å². The summed E-state index contributed by atoms with van der Waals surface area (Å²) in [5, 5.41) is 3.32. The van der Waals surface area contributed by atoms with Crippen molar-refractivity contribution in [1.29, 1.82) is 0 Å². The summed E-state index contributed by atoms with van der Waals surface area (Å²) in [6, 6.07) is 19.9. The Morgan fingerprint density at radius 3 is 2.67 bits per heavy atom. The van der Waals surface area contributed by atoms with Crippen molar-refractivity contribution in [2.75, 3.05) is 5.32 Å². The summed E-state index contributed by atoms with van der Waals surface area (Å²) in [7, 11) is 0. The summed E-state index contributed by atoms with van der Waals surface area (Å²) in [5.41, 5.74) is 3.76. The standard InChI is InChI=1S/C21H18FN3O2/c22-18-7-2-1-5-15(18)13-27-17-6-3-4-14(10-17)12-23-16-8-9-19-20(11-16)25-21(26)24-19/h1-11,23H,12-13H2,(H2,24,25,26). The maximum Gasteiger partial charge on any atom is 0.323 e. The van der Waals surface area contributed by atoms with Gasteiger partial charge in [0.1, 0.15) is 18.2 Å². The van der Waals surface area contributed by atoms with Gasteiger partial charge >= 0.3 is 5.69 Å². The minimum absolute atomic E-state index is 0.182. The molecule has 0 aliphatic rings. The highest BCUT2D eigenvalue weighted by Crippen LogP contribution is 2.19. The van der Waals surface area contributed by atoms with Crippen LogP contribution >= 0.6 is 0 Å². The molecule has 0 fully saturated rings. The van der Waals surface area contributed by atoms with E-state index < -0.39 is 0 Å². The Balaban J connectivity index is 1.41. The van der Waals surface area contributed by atoms with Gasteiger partial charge in [0.25, 0.3) is 0 Å². The number of aromatic nitrogens is 2. The van der Waals surface area contributed by atoms with E-state index in [1.807, 2.05) is 42.5 Å². The van der Waals surface area contributed by atoms with Crippen LogP contribution in [0.4, 0.5) is 10.1 Å². The second kappa shape index (κ2) is 7.37. The summed E-state index contributed by atoms with van der Waals surface area (Å²) < 4.78 is 19.4. The average Bonchev–Trinajstić information content (AvgIpc) is 3.05. The van der Waals surface area contributed by atoms with Crippen LogP contribution in [0, 0.1) is 5.82 Å². The zero-order chi connectivity index (χ0) is 18.6. The molecule has 4 aromatic rings. The molecular weight excluding hydrogens is 345 g/mol. The van der Waals surface area contributed by atoms with E-state index in [-0.39, 0.29) is 18.1 Å². The molecule has 0 spiro atoms. The van der Waals surface area contributed by atoms with Crippen LogP contribution in [-0.2, 0) is 13.2 Å². The van der Waals surface area contributed by atoms with Gasteiger partial charge in [-0.05, 0) is 42.0 Å². The Hall–Kier alpha value is -3.54. The van der Waals surface area contributed by atoms with Gasteiger partial charge in [-0.15, -0.1) is 0 Å². The minimum Gasteiger partial charge on any atom is -0.489 e. The lowest BCUT2D eigenvalue weighted by Crippen LogP contribution is -2.01. The van der Waals surface area contributed by atoms with Crippen LogP contribution in [0.3, 0.4) is 0 Å². The Bertz CT molecular complexity index is 1130. The summed E-state index contributed by atoms with van der Waals surface area (Å²) in [6.07, 6.45) is 0. The fourth-order valence-corrected chi connectivity index (χ4v) is 2.87. The zero-order valence-electron chi connectivity index (χ0n) is 14.5. The number of rotatable bonds is 6. The number of H-pyrrole nitrogens is 2. The van der Waals surface area contributed by atoms with Gasteiger partial charge in [0.2, 0.25) is 0 Å². The van der Waals surface area contributed by atoms with E-state index in [9.17, 15) is 9.18 Å². The normalized spacial score (nSPS) is 10.9. The number of aromatic amines is 2. The van der Waals surface area contributed by atoms with Gasteiger partial charge in [0, 0.05) is 17.8 Å². The largest absolute Gasteiger partial charge is 0.489 e. The smallest absolute Gasteiger partial charge is 0.323 e. The van der Waals surface area contributed by atoms with E-state index in [1.165, 1.54) is 6.07 Å². The molecule has 0 bridgehead atoms. The van der Waals surface area contributed by atoms with Crippen molar-refractivity contribution in [2.24, 2.45) is 0 Å². The summed E-state index contributed by atoms with van der Waals surface area (Å²) in [5.74, 6) is 0.413. The number of imidazole rings is 1. The molecule has 0 amide bonds. The molecule has 0 saturated heterocycles. The lowest BCUT2D eigenvalue weighted by atomic mass is 10.2. The lowest BCUT2D eigenvalue weighted by Gasteiger charge is -2.10. The molecule has 136 valence electrons. The maximum atomic E-state index is 13.7. The summed E-state index contributed by atoms with van der Waals surface area (Å²) in [4.78, 5) is 16.8. The second-order valence-corrected chi connectivity index (χ2v) is 6.22. The lowest BCUT2D eigenvalue weighted by molar-refractivity contribution is 0.299. The van der Waals surface area contributed by atoms with Crippen molar-refractivity contribution in [1.82, 2.24) is 9.97 Å². The number of benzene rings is 3. The number of hydrogen-bond donors (Lipinski definition) is 3. The van der Waals surface area contributed by atoms with Gasteiger partial charge in [0.15, 0.2) is 0 Å². The number of fused-ring (bicyclic) bond motifs is 1. The number of hydrogen-bond acceptors (Lipinski definition) is 3. The third-order valence-electron chi connectivity index (χ3n) is 4.26. The van der Waals surface area contributed by atoms with Crippen molar-refractivity contribution in [2.45, 2.75) is 13.2 Å². The molecule has 27 heavy (non-hydrogen) atoms. The van der Waals surface area contributed by atoms with Gasteiger partial charge in [-0.25, -0.2) is 9.18 Å². The van der Waals surface area contributed by atoms with E-state index in [0.717, 1.165) is 22.3 Å². The van der Waals surface area contributed by atoms with E-state index in [0.29, 0.717) is 17.9 Å². The van der Waals surface area contributed by atoms with Crippen LogP contribution in [0.15, 0.2) is 71.5 Å². The molecule has 1 heterocycles. The SMILES string of the molecule is O=c1[nH]c2ccc(NCc3cccc(OCc4ccccc4F)c3)cc2[nH]1. The maximum absolute atomic E-state index is 13.7. The average molecular weight is 363 g/mol. The first-order valence-corrected chi connectivity index (χ1v) is 8.58. The fraction of sp³-hybridized carbons (Fsp3) is 0.0952. The van der Waals surface area contributed by atoms with Crippen molar-refractivity contribution < 1.29 is 9.13 Å². The quantitative estimate of drug-likeness (QED) is 0.481. The van der Waals surface area contributed by atoms with Gasteiger partial charge in [-0.3, -0.25) is 0 Å². The first-order valence-electron chi connectivity index (χ1n) is 8.58. The molecule has 0 saturated carbocycles. The third kappa shape index (κ3) is 4.00. The molecule has 1 aromatic heterocycles. The van der Waals surface area contributed by atoms with E-state index in [1.54, 1.807) is 18.2 Å². The highest BCUT2D eigenvalue weighted by atomic mass is 19.1. The third-order valence-corrected chi connectivity index (χ3v) is 4.26. The Morgan fingerprint density at radius 1 is 0.926 bits per heavy atom. The van der Waals surface area contributed by atoms with Gasteiger partial charge in [-0.2, -0.15) is 0 Å². The highest BCUT2D eigenvalue weighted by molar-refractivity contribution is 5.78. The molecule has 0 radical (unpaired) electrons. The first kappa shape index (κ1) is 16.9. The zero-order valence-corrected chi connectivity index (χ0v) is 14.5. The van der Waals surface area contributed by atoms with Crippen molar-refractivity contribution in [3.63, 3.8) is 0 Å². The molecule has 0 unspecified atom stereocenters. The Labute approximate surface area is 154 Å². The second-order valence-electron chi connectivity index (χ2n) is 6.22. The highest BCUT2D eigenvalue weighted by Gasteiger charge is 2.04. The molecular formula is C21H18FN3O2. The van der Waals surface area contributed by atoms with Crippen LogP contribution < -0.4 is 15.7 Å². The number of ether oxygens (including phenoxy) is 1. The molecule has 0 atom stereocenters. The van der Waals surface area contributed by atoms with Crippen molar-refractivity contribution in [3.05, 3.63) is 94.2 Å². The molecule has 3 N–H and O–H groups in total. The van der Waals surface area contributed by atoms with Crippen LogP contribution in [0.1, 0.15) is 11.1 Å². The summed E-state index contributed by atoms with van der Waals surface area (Å²) in [6.45, 7) is 0.776. The Kier molecular flexibility index (Phi) is 4.61. The van der Waals surface area contributed by atoms with Crippen LogP contribution in [0.5, 0.6) is 5.75 Å². The Morgan fingerprint density at radius 2 is 1.78 bits per heavy atom. The van der Waals surface area contributed by atoms with Gasteiger partial charge < -0.3 is 20.0 Å². The van der Waals surface area contributed by atoms with Crippen LogP contribution in [0.25, 0.3) is 11.0 Å². The van der Waals surface area contributed by atoms with Crippen molar-refractivity contribution >= 4 is 16.7 Å². The topological polar surface area (TPSA) is 69.9 Å². The predicted molar refractivity (Wildman–Crippen MR) is 103 cm³/mol. The monoisotopic (exact) mass is 363 g/mol. The predicted octanol–water partition coefficient (Wildman–Crippen LogP) is 4.19. The fourth-order valence-electron chi connectivity index (χ4n) is 2.87. The van der Waals surface area contributed by atoms with Gasteiger partial charge in [-0.1, -0.05) is 30.3 Å². The minimum atomic E-state index is -0.270. The van der Waals surface area contributed by atoms with Crippen LogP contribution in [-0.4, -0.2) is 9.97 Å². The van der Waals surface area contributed by atoms with E-state index in [4.69, 9.17) is 4.74 Å². The molecule has 5 nitrogen and oxygen atoms in total. The molecule has 0 aliphatic heterocycles. The molecule has 6 heteroatoms. The first-order chi connectivity index (χ1) is 13.2. The van der Waals surface area contributed by atoms with E-state index in [2.05, 4.69) is 15.3 Å². The molecule has 0 aliphatic carbocycles. The van der Waals surface area contributed by atoms with E-state index >= 15 is 0 Å². The molecule has 4 rings (SSSR count).